The molecule has 1 aromatic rings. The standard InChI is InChI=1S/C22H36N2O/c1-3-4-5-6-7-8-9-10-11-13-16-22(19-20(22)2)21(25)23-24-17-14-12-15-18-24/h12,14-15,17-18,20H,3-11,13,16,19H2,1-2H3/p+1. The molecule has 1 aromatic heterocycles. The van der Waals surface area contributed by atoms with Gasteiger partial charge in [0.15, 0.2) is 12.4 Å². The molecule has 140 valence electrons. The molecule has 0 saturated heterocycles. The second kappa shape index (κ2) is 10.6. The van der Waals surface area contributed by atoms with Crippen LogP contribution >= 0.6 is 0 Å². The van der Waals surface area contributed by atoms with Gasteiger partial charge in [-0.1, -0.05) is 88.8 Å². The lowest BCUT2D eigenvalue weighted by atomic mass is 9.94. The number of nitrogens with one attached hydrogen (secondary N) is 1. The molecular weight excluding hydrogens is 308 g/mol. The van der Waals surface area contributed by atoms with Gasteiger partial charge in [-0.15, -0.1) is 5.43 Å². The molecule has 2 atom stereocenters. The Morgan fingerprint density at radius 3 is 2.00 bits per heavy atom. The van der Waals surface area contributed by atoms with Gasteiger partial charge in [0.05, 0.1) is 5.41 Å². The minimum absolute atomic E-state index is 0.108. The lowest BCUT2D eigenvalue weighted by molar-refractivity contribution is -0.642. The van der Waals surface area contributed by atoms with Gasteiger partial charge in [0.1, 0.15) is 0 Å². The van der Waals surface area contributed by atoms with Gasteiger partial charge in [-0.25, -0.2) is 0 Å². The Labute approximate surface area is 154 Å². The molecule has 1 amide bonds. The predicted molar refractivity (Wildman–Crippen MR) is 104 cm³/mol. The molecule has 1 aliphatic rings. The summed E-state index contributed by atoms with van der Waals surface area (Å²) in [6.07, 6.45) is 19.3. The molecule has 3 nitrogen and oxygen atoms in total. The molecule has 0 bridgehead atoms. The zero-order valence-electron chi connectivity index (χ0n) is 16.3. The maximum atomic E-state index is 12.7. The number of nitrogens with zero attached hydrogens (tertiary/aromatic N) is 1. The second-order valence-corrected chi connectivity index (χ2v) is 7.92. The Kier molecular flexibility index (Phi) is 8.43. The van der Waals surface area contributed by atoms with Crippen LogP contribution in [0.5, 0.6) is 0 Å². The fourth-order valence-corrected chi connectivity index (χ4v) is 3.90. The second-order valence-electron chi connectivity index (χ2n) is 7.92. The van der Waals surface area contributed by atoms with E-state index in [0.717, 1.165) is 12.8 Å². The third kappa shape index (κ3) is 6.45. The van der Waals surface area contributed by atoms with Crippen molar-refractivity contribution in [2.45, 2.75) is 90.9 Å². The van der Waals surface area contributed by atoms with Crippen molar-refractivity contribution in [3.63, 3.8) is 0 Å². The van der Waals surface area contributed by atoms with E-state index in [1.807, 2.05) is 30.6 Å². The first-order valence-electron chi connectivity index (χ1n) is 10.5. The fraction of sp³-hybridized carbons (Fsp3) is 0.727. The zero-order valence-corrected chi connectivity index (χ0v) is 16.3. The van der Waals surface area contributed by atoms with Crippen molar-refractivity contribution in [2.24, 2.45) is 11.3 Å². The Bertz CT molecular complexity index is 502. The van der Waals surface area contributed by atoms with E-state index in [4.69, 9.17) is 0 Å². The number of aromatic nitrogens is 1. The number of carbonyl (C=O) groups is 1. The van der Waals surface area contributed by atoms with E-state index in [1.165, 1.54) is 64.2 Å². The highest BCUT2D eigenvalue weighted by Gasteiger charge is 2.57. The van der Waals surface area contributed by atoms with Crippen LogP contribution in [0.25, 0.3) is 0 Å². The highest BCUT2D eigenvalue weighted by Crippen LogP contribution is 2.56. The van der Waals surface area contributed by atoms with Crippen molar-refractivity contribution >= 4 is 5.91 Å². The van der Waals surface area contributed by atoms with Crippen molar-refractivity contribution in [3.05, 3.63) is 30.6 Å². The molecule has 25 heavy (non-hydrogen) atoms. The van der Waals surface area contributed by atoms with Crippen LogP contribution in [-0.4, -0.2) is 5.91 Å². The maximum Gasteiger partial charge on any atom is 0.281 e. The van der Waals surface area contributed by atoms with Gasteiger partial charge < -0.3 is 0 Å². The Morgan fingerprint density at radius 2 is 1.48 bits per heavy atom. The highest BCUT2D eigenvalue weighted by molar-refractivity contribution is 5.90. The normalized spacial score (nSPS) is 21.9. The van der Waals surface area contributed by atoms with Crippen LogP contribution in [0.4, 0.5) is 0 Å². The summed E-state index contributed by atoms with van der Waals surface area (Å²) in [4.78, 5) is 12.7. The van der Waals surface area contributed by atoms with Crippen molar-refractivity contribution in [3.8, 4) is 0 Å². The fourth-order valence-electron chi connectivity index (χ4n) is 3.90. The topological polar surface area (TPSA) is 33.0 Å². The molecular formula is C22H37N2O+. The van der Waals surface area contributed by atoms with Crippen LogP contribution in [0.15, 0.2) is 30.6 Å². The summed E-state index contributed by atoms with van der Waals surface area (Å²) in [7, 11) is 0. The first-order chi connectivity index (χ1) is 12.2. The molecule has 1 heterocycles. The number of pyridine rings is 1. The van der Waals surface area contributed by atoms with Crippen LogP contribution in [0.3, 0.4) is 0 Å². The minimum Gasteiger partial charge on any atom is -0.269 e. The Morgan fingerprint density at radius 1 is 0.960 bits per heavy atom. The predicted octanol–water partition coefficient (Wildman–Crippen LogP) is 5.38. The summed E-state index contributed by atoms with van der Waals surface area (Å²) in [6.45, 7) is 4.48. The van der Waals surface area contributed by atoms with Crippen LogP contribution in [-0.2, 0) is 4.79 Å². The van der Waals surface area contributed by atoms with Gasteiger partial charge in [-0.2, -0.15) is 0 Å². The van der Waals surface area contributed by atoms with Crippen LogP contribution in [0.2, 0.25) is 0 Å². The van der Waals surface area contributed by atoms with Crippen molar-refractivity contribution < 1.29 is 9.47 Å². The monoisotopic (exact) mass is 345 g/mol. The van der Waals surface area contributed by atoms with Gasteiger partial charge in [-0.3, -0.25) is 4.79 Å². The molecule has 0 radical (unpaired) electrons. The number of unbranched alkanes of at least 4 members (excludes halogenated alkanes) is 9. The van der Waals surface area contributed by atoms with Crippen LogP contribution in [0, 0.1) is 11.3 Å². The van der Waals surface area contributed by atoms with Gasteiger partial charge >= 0.3 is 0 Å². The molecule has 1 saturated carbocycles. The van der Waals surface area contributed by atoms with E-state index in [0.29, 0.717) is 5.92 Å². The number of hydrogen-bond acceptors (Lipinski definition) is 1. The summed E-state index contributed by atoms with van der Waals surface area (Å²) in [6, 6.07) is 5.83. The number of hydrogen-bond donors (Lipinski definition) is 1. The third-order valence-corrected chi connectivity index (χ3v) is 5.83. The van der Waals surface area contributed by atoms with E-state index in [9.17, 15) is 4.79 Å². The summed E-state index contributed by atoms with van der Waals surface area (Å²) in [5, 5.41) is 0. The van der Waals surface area contributed by atoms with E-state index >= 15 is 0 Å². The molecule has 2 unspecified atom stereocenters. The molecule has 2 rings (SSSR count). The van der Waals surface area contributed by atoms with Crippen LogP contribution < -0.4 is 10.1 Å². The number of rotatable bonds is 13. The van der Waals surface area contributed by atoms with Gasteiger partial charge in [-0.05, 0) is 18.8 Å². The molecule has 1 N–H and O–H groups in total. The van der Waals surface area contributed by atoms with Gasteiger partial charge in [0.25, 0.3) is 5.91 Å². The Hall–Kier alpha value is -1.38. The van der Waals surface area contributed by atoms with Gasteiger partial charge in [0, 0.05) is 12.1 Å². The lowest BCUT2D eigenvalue weighted by Gasteiger charge is -2.13. The Balaban J connectivity index is 1.58. The summed E-state index contributed by atoms with van der Waals surface area (Å²) in [5.74, 6) is 0.725. The molecule has 3 heteroatoms. The summed E-state index contributed by atoms with van der Waals surface area (Å²) in [5.41, 5.74) is 2.93. The quantitative estimate of drug-likeness (QED) is 0.378. The smallest absolute Gasteiger partial charge is 0.269 e. The first-order valence-corrected chi connectivity index (χ1v) is 10.5. The zero-order chi connectivity index (χ0) is 18.0. The molecule has 0 aliphatic heterocycles. The molecule has 1 fully saturated rings. The van der Waals surface area contributed by atoms with E-state index in [2.05, 4.69) is 19.3 Å². The van der Waals surface area contributed by atoms with Crippen molar-refractivity contribution in [2.75, 3.05) is 5.43 Å². The number of amides is 1. The number of carbonyl (C=O) groups excluding carboxylic acids is 1. The molecule has 0 aromatic carbocycles. The van der Waals surface area contributed by atoms with Crippen LogP contribution in [0.1, 0.15) is 90.9 Å². The largest absolute Gasteiger partial charge is 0.281 e. The summed E-state index contributed by atoms with van der Waals surface area (Å²) < 4.78 is 1.77. The lowest BCUT2D eigenvalue weighted by Crippen LogP contribution is -2.50. The van der Waals surface area contributed by atoms with Crippen molar-refractivity contribution in [1.29, 1.82) is 0 Å². The highest BCUT2D eigenvalue weighted by atomic mass is 16.2. The SMILES string of the molecule is CCCCCCCCCCCCC1(C(=O)N[n+]2ccccc2)CC1C. The molecule has 1 aliphatic carbocycles. The van der Waals surface area contributed by atoms with Crippen molar-refractivity contribution in [1.82, 2.24) is 0 Å². The average molecular weight is 346 g/mol. The third-order valence-electron chi connectivity index (χ3n) is 5.83. The van der Waals surface area contributed by atoms with Gasteiger partial charge in [0.2, 0.25) is 0 Å². The summed E-state index contributed by atoms with van der Waals surface area (Å²) >= 11 is 0. The minimum atomic E-state index is -0.108. The van der Waals surface area contributed by atoms with E-state index < -0.39 is 0 Å². The first kappa shape index (κ1) is 19.9. The average Bonchev–Trinajstić information content (AvgIpc) is 3.29. The van der Waals surface area contributed by atoms with E-state index in [-0.39, 0.29) is 11.3 Å². The maximum absolute atomic E-state index is 12.7. The van der Waals surface area contributed by atoms with E-state index in [1.54, 1.807) is 4.68 Å². The molecule has 0 spiro atoms.